The molecule has 0 spiro atoms. The van der Waals surface area contributed by atoms with E-state index >= 15 is 0 Å². The Morgan fingerprint density at radius 3 is 2.68 bits per heavy atom. The lowest BCUT2D eigenvalue weighted by Crippen LogP contribution is -2.41. The lowest BCUT2D eigenvalue weighted by atomic mass is 9.89. The minimum Gasteiger partial charge on any atom is -0.497 e. The molecule has 0 saturated carbocycles. The van der Waals surface area contributed by atoms with Gasteiger partial charge in [0.05, 0.1) is 23.7 Å². The van der Waals surface area contributed by atoms with Crippen molar-refractivity contribution >= 4 is 29.1 Å². The van der Waals surface area contributed by atoms with Gasteiger partial charge >= 0.3 is 0 Å². The fourth-order valence-corrected chi connectivity index (χ4v) is 3.49. The van der Waals surface area contributed by atoms with Gasteiger partial charge in [0.15, 0.2) is 0 Å². The molecule has 4 nitrogen and oxygen atoms in total. The molecule has 3 rings (SSSR count). The summed E-state index contributed by atoms with van der Waals surface area (Å²) in [7, 11) is 1.61. The third-order valence-corrected chi connectivity index (χ3v) is 4.71. The number of hydrogen-bond acceptors (Lipinski definition) is 3. The van der Waals surface area contributed by atoms with Crippen LogP contribution in [0.5, 0.6) is 11.5 Å². The monoisotopic (exact) mass is 379 g/mol. The first-order valence-electron chi connectivity index (χ1n) is 7.92. The van der Waals surface area contributed by atoms with E-state index < -0.39 is 5.60 Å². The fourth-order valence-electron chi connectivity index (χ4n) is 3.00. The molecule has 1 N–H and O–H groups in total. The van der Waals surface area contributed by atoms with Gasteiger partial charge in [-0.3, -0.25) is 4.79 Å². The number of halogens is 2. The molecule has 0 radical (unpaired) electrons. The number of rotatable bonds is 3. The summed E-state index contributed by atoms with van der Waals surface area (Å²) in [6, 6.07) is 10.3. The van der Waals surface area contributed by atoms with Gasteiger partial charge in [-0.1, -0.05) is 23.2 Å². The second-order valence-electron chi connectivity index (χ2n) is 6.62. The van der Waals surface area contributed by atoms with Crippen LogP contribution >= 0.6 is 23.2 Å². The van der Waals surface area contributed by atoms with E-state index in [1.165, 1.54) is 0 Å². The molecule has 2 aromatic rings. The van der Waals surface area contributed by atoms with Gasteiger partial charge in [-0.2, -0.15) is 0 Å². The average molecular weight is 380 g/mol. The molecule has 0 fully saturated rings. The Bertz CT molecular complexity index is 820. The number of methoxy groups -OCH3 is 1. The van der Waals surface area contributed by atoms with Crippen LogP contribution in [0.25, 0.3) is 0 Å². The van der Waals surface area contributed by atoms with Crippen LogP contribution in [0.1, 0.15) is 42.2 Å². The molecule has 1 amide bonds. The van der Waals surface area contributed by atoms with Crippen LogP contribution in [0, 0.1) is 0 Å². The van der Waals surface area contributed by atoms with Crippen molar-refractivity contribution in [2.75, 3.05) is 7.11 Å². The highest BCUT2D eigenvalue weighted by Gasteiger charge is 2.35. The summed E-state index contributed by atoms with van der Waals surface area (Å²) in [4.78, 5) is 12.7. The second kappa shape index (κ2) is 6.77. The predicted molar refractivity (Wildman–Crippen MR) is 99.0 cm³/mol. The van der Waals surface area contributed by atoms with Gasteiger partial charge in [-0.05, 0) is 44.2 Å². The fraction of sp³-hybridized carbons (Fsp3) is 0.316. The number of carbonyl (C=O) groups is 1. The Morgan fingerprint density at radius 1 is 1.24 bits per heavy atom. The van der Waals surface area contributed by atoms with Gasteiger partial charge in [-0.15, -0.1) is 0 Å². The molecule has 1 atom stereocenters. The third kappa shape index (κ3) is 3.86. The molecular weight excluding hydrogens is 361 g/mol. The number of carbonyl (C=O) groups excluding carboxylic acids is 1. The molecule has 0 bridgehead atoms. The zero-order chi connectivity index (χ0) is 18.2. The molecule has 0 aromatic heterocycles. The predicted octanol–water partition coefficient (Wildman–Crippen LogP) is 5.03. The topological polar surface area (TPSA) is 47.6 Å². The maximum Gasteiger partial charge on any atom is 0.253 e. The minimum atomic E-state index is -0.416. The Morgan fingerprint density at radius 2 is 2.00 bits per heavy atom. The standard InChI is InChI=1S/C19H19Cl2NO3/c1-19(2)10-16(14-7-5-12(24-3)9-17(14)25-19)22-18(23)13-6-4-11(20)8-15(13)21/h4-9,16H,10H2,1-3H3,(H,22,23). The van der Waals surface area contributed by atoms with Crippen LogP contribution in [0.2, 0.25) is 10.0 Å². The highest BCUT2D eigenvalue weighted by atomic mass is 35.5. The number of amides is 1. The summed E-state index contributed by atoms with van der Waals surface area (Å²) in [6.07, 6.45) is 0.642. The summed E-state index contributed by atoms with van der Waals surface area (Å²) >= 11 is 12.1. The zero-order valence-corrected chi connectivity index (χ0v) is 15.7. The first-order valence-corrected chi connectivity index (χ1v) is 8.67. The van der Waals surface area contributed by atoms with E-state index in [1.807, 2.05) is 32.0 Å². The van der Waals surface area contributed by atoms with Crippen molar-refractivity contribution in [2.24, 2.45) is 0 Å². The van der Waals surface area contributed by atoms with E-state index in [-0.39, 0.29) is 11.9 Å². The molecule has 1 aliphatic rings. The molecule has 25 heavy (non-hydrogen) atoms. The lowest BCUT2D eigenvalue weighted by molar-refractivity contribution is 0.0617. The summed E-state index contributed by atoms with van der Waals surface area (Å²) in [5, 5.41) is 3.87. The summed E-state index contributed by atoms with van der Waals surface area (Å²) in [5.74, 6) is 1.18. The molecule has 1 aliphatic heterocycles. The van der Waals surface area contributed by atoms with Crippen molar-refractivity contribution in [3.8, 4) is 11.5 Å². The van der Waals surface area contributed by atoms with Crippen molar-refractivity contribution in [3.05, 3.63) is 57.6 Å². The molecule has 2 aromatic carbocycles. The number of hydrogen-bond donors (Lipinski definition) is 1. The van der Waals surface area contributed by atoms with Gasteiger partial charge < -0.3 is 14.8 Å². The highest BCUT2D eigenvalue weighted by Crippen LogP contribution is 2.41. The van der Waals surface area contributed by atoms with Gasteiger partial charge in [0.1, 0.15) is 17.1 Å². The zero-order valence-electron chi connectivity index (χ0n) is 14.2. The minimum absolute atomic E-state index is 0.191. The van der Waals surface area contributed by atoms with Gasteiger partial charge in [-0.25, -0.2) is 0 Å². The van der Waals surface area contributed by atoms with Crippen LogP contribution < -0.4 is 14.8 Å². The Kier molecular flexibility index (Phi) is 4.85. The van der Waals surface area contributed by atoms with Crippen LogP contribution in [0.3, 0.4) is 0 Å². The van der Waals surface area contributed by atoms with E-state index in [2.05, 4.69) is 5.32 Å². The SMILES string of the molecule is COc1ccc2c(c1)OC(C)(C)CC2NC(=O)c1ccc(Cl)cc1Cl. The van der Waals surface area contributed by atoms with Crippen molar-refractivity contribution in [1.82, 2.24) is 5.32 Å². The van der Waals surface area contributed by atoms with E-state index in [9.17, 15) is 4.79 Å². The molecule has 1 unspecified atom stereocenters. The first kappa shape index (κ1) is 17.9. The molecule has 0 aliphatic carbocycles. The van der Waals surface area contributed by atoms with Crippen LogP contribution in [0.15, 0.2) is 36.4 Å². The average Bonchev–Trinajstić information content (AvgIpc) is 2.52. The number of fused-ring (bicyclic) bond motifs is 1. The Labute approximate surface area is 157 Å². The maximum atomic E-state index is 12.7. The summed E-state index contributed by atoms with van der Waals surface area (Å²) < 4.78 is 11.3. The van der Waals surface area contributed by atoms with Crippen LogP contribution in [-0.4, -0.2) is 18.6 Å². The Hall–Kier alpha value is -1.91. The normalized spacial score (nSPS) is 18.0. The van der Waals surface area contributed by atoms with Crippen LogP contribution in [-0.2, 0) is 0 Å². The summed E-state index contributed by atoms with van der Waals surface area (Å²) in [6.45, 7) is 3.98. The Balaban J connectivity index is 1.90. The van der Waals surface area contributed by atoms with Crippen molar-refractivity contribution in [2.45, 2.75) is 31.9 Å². The quantitative estimate of drug-likeness (QED) is 0.812. The summed E-state index contributed by atoms with van der Waals surface area (Å²) in [5.41, 5.74) is 0.894. The first-order chi connectivity index (χ1) is 11.8. The molecular formula is C19H19Cl2NO3. The highest BCUT2D eigenvalue weighted by molar-refractivity contribution is 6.36. The van der Waals surface area contributed by atoms with E-state index in [1.54, 1.807) is 25.3 Å². The van der Waals surface area contributed by atoms with E-state index in [0.29, 0.717) is 33.5 Å². The second-order valence-corrected chi connectivity index (χ2v) is 7.46. The van der Waals surface area contributed by atoms with E-state index in [4.69, 9.17) is 32.7 Å². The smallest absolute Gasteiger partial charge is 0.253 e. The number of ether oxygens (including phenoxy) is 2. The molecule has 0 saturated heterocycles. The van der Waals surface area contributed by atoms with Crippen LogP contribution in [0.4, 0.5) is 0 Å². The third-order valence-electron chi connectivity index (χ3n) is 4.16. The molecule has 6 heteroatoms. The molecule has 1 heterocycles. The number of benzene rings is 2. The van der Waals surface area contributed by atoms with Crippen molar-refractivity contribution < 1.29 is 14.3 Å². The maximum absolute atomic E-state index is 12.7. The number of nitrogens with one attached hydrogen (secondary N) is 1. The lowest BCUT2D eigenvalue weighted by Gasteiger charge is -2.38. The van der Waals surface area contributed by atoms with Crippen molar-refractivity contribution in [3.63, 3.8) is 0 Å². The van der Waals surface area contributed by atoms with Gasteiger partial charge in [0, 0.05) is 23.1 Å². The largest absolute Gasteiger partial charge is 0.497 e. The van der Waals surface area contributed by atoms with Crippen molar-refractivity contribution in [1.29, 1.82) is 0 Å². The van der Waals surface area contributed by atoms with Gasteiger partial charge in [0.2, 0.25) is 0 Å². The van der Waals surface area contributed by atoms with Gasteiger partial charge in [0.25, 0.3) is 5.91 Å². The van der Waals surface area contributed by atoms with E-state index in [0.717, 1.165) is 5.56 Å². The molecule has 132 valence electrons.